The second-order valence-electron chi connectivity index (χ2n) is 7.50. The van der Waals surface area contributed by atoms with Crippen molar-refractivity contribution in [1.82, 2.24) is 20.4 Å². The number of thiophene rings is 1. The van der Waals surface area contributed by atoms with Gasteiger partial charge in [-0.3, -0.25) is 14.7 Å². The van der Waals surface area contributed by atoms with E-state index in [9.17, 15) is 9.59 Å². The number of H-pyrrole nitrogens is 1. The summed E-state index contributed by atoms with van der Waals surface area (Å²) in [5, 5.41) is 12.1. The number of nitrogens with zero attached hydrogens (tertiary/aromatic N) is 2. The molecule has 28 heavy (non-hydrogen) atoms. The fraction of sp³-hybridized carbons (Fsp3) is 0.350. The van der Waals surface area contributed by atoms with Crippen molar-refractivity contribution in [3.63, 3.8) is 0 Å². The maximum absolute atomic E-state index is 12.8. The van der Waals surface area contributed by atoms with Crippen molar-refractivity contribution in [3.8, 4) is 10.6 Å². The molecule has 0 aromatic carbocycles. The molecule has 0 radical (unpaired) electrons. The first kappa shape index (κ1) is 17.2. The molecule has 2 amide bonds. The van der Waals surface area contributed by atoms with Gasteiger partial charge < -0.3 is 14.6 Å². The molecule has 3 aromatic rings. The number of carbonyl (C=O) groups is 2. The molecule has 1 unspecified atom stereocenters. The number of rotatable bonds is 4. The van der Waals surface area contributed by atoms with Gasteiger partial charge in [0.2, 0.25) is 0 Å². The summed E-state index contributed by atoms with van der Waals surface area (Å²) in [5.41, 5.74) is 1.46. The highest BCUT2D eigenvalue weighted by molar-refractivity contribution is 7.13. The molecule has 8 heteroatoms. The van der Waals surface area contributed by atoms with Crippen LogP contribution < -0.4 is 5.32 Å². The van der Waals surface area contributed by atoms with E-state index < -0.39 is 0 Å². The third kappa shape index (κ3) is 2.93. The Hall–Kier alpha value is -2.87. The normalized spacial score (nSPS) is 20.3. The van der Waals surface area contributed by atoms with E-state index in [4.69, 9.17) is 4.42 Å². The zero-order valence-corrected chi connectivity index (χ0v) is 16.0. The summed E-state index contributed by atoms with van der Waals surface area (Å²) in [4.78, 5) is 28.0. The van der Waals surface area contributed by atoms with Crippen molar-refractivity contribution in [1.29, 1.82) is 0 Å². The van der Waals surface area contributed by atoms with Crippen molar-refractivity contribution in [3.05, 3.63) is 53.4 Å². The largest absolute Gasteiger partial charge is 0.459 e. The molecule has 2 fully saturated rings. The van der Waals surface area contributed by atoms with Gasteiger partial charge in [0.25, 0.3) is 11.8 Å². The molecule has 1 aliphatic heterocycles. The molecule has 0 bridgehead atoms. The highest BCUT2D eigenvalue weighted by Crippen LogP contribution is 2.54. The molecule has 2 N–H and O–H groups in total. The van der Waals surface area contributed by atoms with Gasteiger partial charge in [0.1, 0.15) is 0 Å². The van der Waals surface area contributed by atoms with Crippen LogP contribution in [0.4, 0.5) is 0 Å². The van der Waals surface area contributed by atoms with Gasteiger partial charge in [0, 0.05) is 19.1 Å². The molecule has 1 aliphatic carbocycles. The topological polar surface area (TPSA) is 91.2 Å². The summed E-state index contributed by atoms with van der Waals surface area (Å²) in [6.45, 7) is 1.39. The summed E-state index contributed by atoms with van der Waals surface area (Å²) in [7, 11) is 0. The van der Waals surface area contributed by atoms with Gasteiger partial charge in [-0.05, 0) is 48.3 Å². The molecule has 1 spiro atoms. The molecule has 2 aliphatic rings. The van der Waals surface area contributed by atoms with Gasteiger partial charge in [-0.15, -0.1) is 11.3 Å². The van der Waals surface area contributed by atoms with Crippen molar-refractivity contribution in [2.45, 2.75) is 25.3 Å². The molecule has 1 saturated heterocycles. The molecule has 1 atom stereocenters. The van der Waals surface area contributed by atoms with Crippen LogP contribution in [0, 0.1) is 5.41 Å². The van der Waals surface area contributed by atoms with Crippen LogP contribution in [-0.2, 0) is 0 Å². The van der Waals surface area contributed by atoms with Crippen LogP contribution in [0.2, 0.25) is 0 Å². The Kier molecular flexibility index (Phi) is 4.08. The average molecular weight is 396 g/mol. The number of nitrogens with one attached hydrogen (secondary N) is 2. The first-order valence-electron chi connectivity index (χ1n) is 9.37. The Morgan fingerprint density at radius 1 is 1.29 bits per heavy atom. The Labute approximate surface area is 165 Å². The molecular formula is C20H20N4O3S. The fourth-order valence-corrected chi connectivity index (χ4v) is 4.85. The minimum atomic E-state index is -0.0897. The van der Waals surface area contributed by atoms with E-state index in [1.807, 2.05) is 22.4 Å². The van der Waals surface area contributed by atoms with Crippen LogP contribution in [0.1, 0.15) is 40.2 Å². The van der Waals surface area contributed by atoms with Crippen LogP contribution in [0.3, 0.4) is 0 Å². The van der Waals surface area contributed by atoms with Crippen molar-refractivity contribution in [2.24, 2.45) is 5.41 Å². The number of hydrogen-bond donors (Lipinski definition) is 2. The summed E-state index contributed by atoms with van der Waals surface area (Å²) in [6, 6.07) is 7.51. The molecule has 144 valence electrons. The zero-order valence-electron chi connectivity index (χ0n) is 15.2. The summed E-state index contributed by atoms with van der Waals surface area (Å²) < 4.78 is 5.22. The third-order valence-corrected chi connectivity index (χ3v) is 6.81. The smallest absolute Gasteiger partial charge is 0.289 e. The molecule has 1 saturated carbocycles. The highest BCUT2D eigenvalue weighted by atomic mass is 32.1. The van der Waals surface area contributed by atoms with Gasteiger partial charge in [-0.2, -0.15) is 5.10 Å². The van der Waals surface area contributed by atoms with Crippen molar-refractivity contribution in [2.75, 3.05) is 13.1 Å². The van der Waals surface area contributed by atoms with Crippen molar-refractivity contribution >= 4 is 23.2 Å². The van der Waals surface area contributed by atoms with Crippen LogP contribution in [-0.4, -0.2) is 46.0 Å². The summed E-state index contributed by atoms with van der Waals surface area (Å²) in [6.07, 6.45) is 5.87. The van der Waals surface area contributed by atoms with E-state index in [1.165, 1.54) is 6.26 Å². The number of furan rings is 1. The second kappa shape index (κ2) is 6.63. The maximum atomic E-state index is 12.8. The number of carbonyl (C=O) groups excluding carboxylic acids is 2. The summed E-state index contributed by atoms with van der Waals surface area (Å²) >= 11 is 1.57. The lowest BCUT2D eigenvalue weighted by Crippen LogP contribution is -2.41. The first-order valence-corrected chi connectivity index (χ1v) is 10.3. The van der Waals surface area contributed by atoms with E-state index in [2.05, 4.69) is 15.5 Å². The standard InChI is InChI=1S/C20H20N4O3S/c25-18(13-12-21-23-17(13)15-4-2-10-28-15)22-16-11-20(16)5-7-24(8-6-20)19(26)14-3-1-9-27-14/h1-4,9-10,12,16H,5-8,11H2,(H,21,23)(H,22,25). The van der Waals surface area contributed by atoms with Crippen LogP contribution in [0.25, 0.3) is 10.6 Å². The van der Waals surface area contributed by atoms with Gasteiger partial charge in [0.15, 0.2) is 5.76 Å². The van der Waals surface area contributed by atoms with E-state index in [1.54, 1.807) is 29.7 Å². The lowest BCUT2D eigenvalue weighted by Gasteiger charge is -2.32. The predicted octanol–water partition coefficient (Wildman–Crippen LogP) is 3.16. The number of amides is 2. The Morgan fingerprint density at radius 2 is 2.14 bits per heavy atom. The summed E-state index contributed by atoms with van der Waals surface area (Å²) in [5.74, 6) is 0.242. The minimum absolute atomic E-state index is 0.0555. The number of hydrogen-bond acceptors (Lipinski definition) is 5. The Bertz CT molecular complexity index is 985. The predicted molar refractivity (Wildman–Crippen MR) is 104 cm³/mol. The third-order valence-electron chi connectivity index (χ3n) is 5.92. The lowest BCUT2D eigenvalue weighted by molar-refractivity contribution is 0.0637. The highest BCUT2D eigenvalue weighted by Gasteiger charge is 2.56. The van der Waals surface area contributed by atoms with Crippen LogP contribution in [0.15, 0.2) is 46.5 Å². The number of aromatic amines is 1. The molecule has 4 heterocycles. The lowest BCUT2D eigenvalue weighted by atomic mass is 9.92. The average Bonchev–Trinajstić information content (AvgIpc) is 3.29. The molecule has 7 nitrogen and oxygen atoms in total. The quantitative estimate of drug-likeness (QED) is 0.709. The van der Waals surface area contributed by atoms with Crippen LogP contribution >= 0.6 is 11.3 Å². The first-order chi connectivity index (χ1) is 13.7. The van der Waals surface area contributed by atoms with Gasteiger partial charge in [0.05, 0.1) is 28.6 Å². The maximum Gasteiger partial charge on any atom is 0.289 e. The Morgan fingerprint density at radius 3 is 2.86 bits per heavy atom. The minimum Gasteiger partial charge on any atom is -0.459 e. The monoisotopic (exact) mass is 396 g/mol. The van der Waals surface area contributed by atoms with Gasteiger partial charge >= 0.3 is 0 Å². The van der Waals surface area contributed by atoms with E-state index in [0.717, 1.165) is 29.8 Å². The zero-order chi connectivity index (χ0) is 19.1. The van der Waals surface area contributed by atoms with E-state index >= 15 is 0 Å². The molecule has 3 aromatic heterocycles. The fourth-order valence-electron chi connectivity index (χ4n) is 4.12. The SMILES string of the molecule is O=C(NC1CC12CCN(C(=O)c1ccco1)CC2)c1cn[nH]c1-c1cccs1. The number of piperidine rings is 1. The van der Waals surface area contributed by atoms with Gasteiger partial charge in [-0.25, -0.2) is 0 Å². The Balaban J connectivity index is 1.20. The van der Waals surface area contributed by atoms with Crippen LogP contribution in [0.5, 0.6) is 0 Å². The number of likely N-dealkylation sites (tertiary alicyclic amines) is 1. The number of aromatic nitrogens is 2. The molecule has 5 rings (SSSR count). The molecular weight excluding hydrogens is 376 g/mol. The second-order valence-corrected chi connectivity index (χ2v) is 8.45. The van der Waals surface area contributed by atoms with E-state index in [-0.39, 0.29) is 23.3 Å². The van der Waals surface area contributed by atoms with E-state index in [0.29, 0.717) is 24.4 Å². The van der Waals surface area contributed by atoms with Gasteiger partial charge in [-0.1, -0.05) is 6.07 Å². The van der Waals surface area contributed by atoms with Crippen molar-refractivity contribution < 1.29 is 14.0 Å².